The van der Waals surface area contributed by atoms with E-state index in [1.54, 1.807) is 6.07 Å². The number of nitrogens with zero attached hydrogens (tertiary/aromatic N) is 3. The molecule has 20 heavy (non-hydrogen) atoms. The molecule has 0 bridgehead atoms. The molecule has 1 saturated heterocycles. The van der Waals surface area contributed by atoms with E-state index in [-0.39, 0.29) is 11.9 Å². The summed E-state index contributed by atoms with van der Waals surface area (Å²) in [5, 5.41) is 9.09. The van der Waals surface area contributed by atoms with Crippen LogP contribution in [-0.2, 0) is 0 Å². The molecule has 0 aromatic carbocycles. The van der Waals surface area contributed by atoms with Gasteiger partial charge in [-0.05, 0) is 26.3 Å². The Hall–Kier alpha value is -1.80. The smallest absolute Gasteiger partial charge is 0.257 e. The second-order valence-corrected chi connectivity index (χ2v) is 5.21. The van der Waals surface area contributed by atoms with E-state index >= 15 is 0 Å². The average Bonchev–Trinajstić information content (AvgIpc) is 2.79. The first-order valence-corrected chi connectivity index (χ1v) is 7.06. The van der Waals surface area contributed by atoms with Crippen LogP contribution in [0.2, 0.25) is 0 Å². The molecule has 1 aromatic heterocycles. The molecule has 1 aromatic rings. The van der Waals surface area contributed by atoms with E-state index in [2.05, 4.69) is 11.0 Å². The summed E-state index contributed by atoms with van der Waals surface area (Å²) < 4.78 is 5.42. The van der Waals surface area contributed by atoms with Gasteiger partial charge in [-0.2, -0.15) is 5.26 Å². The molecule has 1 aliphatic heterocycles. The van der Waals surface area contributed by atoms with Crippen LogP contribution in [0.1, 0.15) is 35.2 Å². The van der Waals surface area contributed by atoms with Gasteiger partial charge in [0.1, 0.15) is 11.5 Å². The maximum Gasteiger partial charge on any atom is 0.257 e. The lowest BCUT2D eigenvalue weighted by Gasteiger charge is -2.36. The molecule has 0 radical (unpaired) electrons. The summed E-state index contributed by atoms with van der Waals surface area (Å²) in [5.74, 6) is 1.47. The van der Waals surface area contributed by atoms with E-state index in [1.165, 1.54) is 0 Å². The second-order valence-electron chi connectivity index (χ2n) is 5.21. The normalized spacial score (nSPS) is 17.8. The first-order chi connectivity index (χ1) is 9.56. The van der Waals surface area contributed by atoms with Gasteiger partial charge in [-0.25, -0.2) is 0 Å². The van der Waals surface area contributed by atoms with E-state index in [1.807, 2.05) is 25.7 Å². The van der Waals surface area contributed by atoms with Crippen molar-refractivity contribution in [1.82, 2.24) is 9.80 Å². The Bertz CT molecular complexity index is 522. The second kappa shape index (κ2) is 6.10. The Morgan fingerprint density at radius 3 is 2.50 bits per heavy atom. The van der Waals surface area contributed by atoms with Crippen LogP contribution in [0, 0.1) is 25.2 Å². The van der Waals surface area contributed by atoms with Crippen molar-refractivity contribution in [2.24, 2.45) is 0 Å². The number of piperazine rings is 1. The molecule has 0 spiro atoms. The first kappa shape index (κ1) is 14.6. The van der Waals surface area contributed by atoms with Crippen molar-refractivity contribution in [3.8, 4) is 6.07 Å². The number of hydrogen-bond donors (Lipinski definition) is 0. The SMILES string of the molecule is CCC(C#N)N1CCN(C(=O)c2cc(C)oc2C)CC1. The Labute approximate surface area is 119 Å². The number of furan rings is 1. The first-order valence-electron chi connectivity index (χ1n) is 7.06. The van der Waals surface area contributed by atoms with Gasteiger partial charge in [-0.1, -0.05) is 6.92 Å². The van der Waals surface area contributed by atoms with Gasteiger partial charge in [0, 0.05) is 26.2 Å². The van der Waals surface area contributed by atoms with Crippen LogP contribution >= 0.6 is 0 Å². The summed E-state index contributed by atoms with van der Waals surface area (Å²) in [4.78, 5) is 16.4. The fraction of sp³-hybridized carbons (Fsp3) is 0.600. The van der Waals surface area contributed by atoms with Gasteiger partial charge in [0.2, 0.25) is 0 Å². The highest BCUT2D eigenvalue weighted by Gasteiger charge is 2.27. The molecule has 1 aliphatic rings. The summed E-state index contributed by atoms with van der Waals surface area (Å²) in [6.45, 7) is 8.53. The van der Waals surface area contributed by atoms with Gasteiger partial charge in [0.25, 0.3) is 5.91 Å². The fourth-order valence-electron chi connectivity index (χ4n) is 2.68. The summed E-state index contributed by atoms with van der Waals surface area (Å²) >= 11 is 0. The number of hydrogen-bond acceptors (Lipinski definition) is 4. The third-order valence-electron chi connectivity index (χ3n) is 3.85. The van der Waals surface area contributed by atoms with E-state index in [9.17, 15) is 4.79 Å². The van der Waals surface area contributed by atoms with Crippen molar-refractivity contribution in [2.75, 3.05) is 26.2 Å². The lowest BCUT2D eigenvalue weighted by atomic mass is 10.1. The number of aryl methyl sites for hydroxylation is 2. The molecule has 1 atom stereocenters. The molecule has 0 saturated carbocycles. The molecule has 2 heterocycles. The van der Waals surface area contributed by atoms with Crippen LogP contribution < -0.4 is 0 Å². The zero-order valence-electron chi connectivity index (χ0n) is 12.3. The van der Waals surface area contributed by atoms with E-state index in [4.69, 9.17) is 9.68 Å². The highest BCUT2D eigenvalue weighted by Crippen LogP contribution is 2.18. The highest BCUT2D eigenvalue weighted by molar-refractivity contribution is 5.95. The topological polar surface area (TPSA) is 60.5 Å². The quantitative estimate of drug-likeness (QED) is 0.846. The van der Waals surface area contributed by atoms with Gasteiger partial charge in [-0.15, -0.1) is 0 Å². The van der Waals surface area contributed by atoms with Gasteiger partial charge >= 0.3 is 0 Å². The molecule has 0 aliphatic carbocycles. The number of nitriles is 1. The zero-order valence-corrected chi connectivity index (χ0v) is 12.3. The van der Waals surface area contributed by atoms with Crippen LogP contribution in [0.3, 0.4) is 0 Å². The molecule has 2 rings (SSSR count). The molecule has 108 valence electrons. The lowest BCUT2D eigenvalue weighted by molar-refractivity contribution is 0.0603. The van der Waals surface area contributed by atoms with Gasteiger partial charge in [-0.3, -0.25) is 9.69 Å². The summed E-state index contributed by atoms with van der Waals surface area (Å²) in [6, 6.07) is 4.08. The van der Waals surface area contributed by atoms with Gasteiger partial charge in [0.15, 0.2) is 0 Å². The van der Waals surface area contributed by atoms with Gasteiger partial charge in [0.05, 0.1) is 17.7 Å². The molecule has 1 unspecified atom stereocenters. The fourth-order valence-corrected chi connectivity index (χ4v) is 2.68. The Kier molecular flexibility index (Phi) is 4.46. The lowest BCUT2D eigenvalue weighted by Crippen LogP contribution is -2.51. The van der Waals surface area contributed by atoms with Crippen LogP contribution in [0.4, 0.5) is 0 Å². The maximum atomic E-state index is 12.4. The molecule has 0 N–H and O–H groups in total. The summed E-state index contributed by atoms with van der Waals surface area (Å²) in [5.41, 5.74) is 0.656. The van der Waals surface area contributed by atoms with Crippen molar-refractivity contribution in [1.29, 1.82) is 5.26 Å². The van der Waals surface area contributed by atoms with Crippen molar-refractivity contribution in [3.63, 3.8) is 0 Å². The number of rotatable bonds is 3. The average molecular weight is 275 g/mol. The highest BCUT2D eigenvalue weighted by atomic mass is 16.3. The molecular formula is C15H21N3O2. The number of carbonyl (C=O) groups excluding carboxylic acids is 1. The Balaban J connectivity index is 1.99. The monoisotopic (exact) mass is 275 g/mol. The van der Waals surface area contributed by atoms with Crippen molar-refractivity contribution in [2.45, 2.75) is 33.2 Å². The third kappa shape index (κ3) is 2.86. The third-order valence-corrected chi connectivity index (χ3v) is 3.85. The minimum atomic E-state index is -0.0369. The van der Waals surface area contributed by atoms with Crippen molar-refractivity contribution >= 4 is 5.91 Å². The van der Waals surface area contributed by atoms with Crippen LogP contribution in [0.5, 0.6) is 0 Å². The van der Waals surface area contributed by atoms with Crippen LogP contribution in [-0.4, -0.2) is 47.9 Å². The molecule has 1 amide bonds. The minimum absolute atomic E-state index is 0.0315. The standard InChI is InChI=1S/C15H21N3O2/c1-4-13(10-16)17-5-7-18(8-6-17)15(19)14-9-11(2)20-12(14)3/h9,13H,4-8H2,1-3H3. The number of carbonyl (C=O) groups is 1. The van der Waals surface area contributed by atoms with Crippen LogP contribution in [0.25, 0.3) is 0 Å². The predicted molar refractivity (Wildman–Crippen MR) is 75.4 cm³/mol. The summed E-state index contributed by atoms with van der Waals surface area (Å²) in [7, 11) is 0. The molecule has 5 heteroatoms. The van der Waals surface area contributed by atoms with Gasteiger partial charge < -0.3 is 9.32 Å². The predicted octanol–water partition coefficient (Wildman–Crippen LogP) is 1.96. The Morgan fingerprint density at radius 1 is 1.40 bits per heavy atom. The molecular weight excluding hydrogens is 254 g/mol. The zero-order chi connectivity index (χ0) is 14.7. The Morgan fingerprint density at radius 2 is 2.05 bits per heavy atom. The largest absolute Gasteiger partial charge is 0.466 e. The van der Waals surface area contributed by atoms with E-state index in [0.29, 0.717) is 24.4 Å². The van der Waals surface area contributed by atoms with Crippen molar-refractivity contribution in [3.05, 3.63) is 23.2 Å². The maximum absolute atomic E-state index is 12.4. The van der Waals surface area contributed by atoms with E-state index in [0.717, 1.165) is 25.3 Å². The number of amides is 1. The van der Waals surface area contributed by atoms with E-state index < -0.39 is 0 Å². The van der Waals surface area contributed by atoms with Crippen molar-refractivity contribution < 1.29 is 9.21 Å². The summed E-state index contributed by atoms with van der Waals surface area (Å²) in [6.07, 6.45) is 0.824. The van der Waals surface area contributed by atoms with Crippen LogP contribution in [0.15, 0.2) is 10.5 Å². The molecule has 1 fully saturated rings. The molecule has 5 nitrogen and oxygen atoms in total. The minimum Gasteiger partial charge on any atom is -0.466 e.